The molecule has 5 nitrogen and oxygen atoms in total. The minimum atomic E-state index is -0.427. The number of piperidine rings is 1. The lowest BCUT2D eigenvalue weighted by molar-refractivity contribution is -0.0541. The molecule has 0 radical (unpaired) electrons. The van der Waals surface area contributed by atoms with E-state index in [1.807, 2.05) is 24.4 Å². The van der Waals surface area contributed by atoms with Crippen LogP contribution >= 0.6 is 0 Å². The molecular weight excluding hydrogens is 321 g/mol. The zero-order valence-electron chi connectivity index (χ0n) is 14.1. The molecule has 6 heteroatoms. The molecule has 2 aromatic heterocycles. The van der Waals surface area contributed by atoms with Gasteiger partial charge in [-0.15, -0.1) is 0 Å². The van der Waals surface area contributed by atoms with Crippen LogP contribution in [0.2, 0.25) is 0 Å². The van der Waals surface area contributed by atoms with Crippen molar-refractivity contribution in [1.29, 1.82) is 0 Å². The fraction of sp³-hybridized carbons (Fsp3) is 0.474. The molecule has 0 aliphatic carbocycles. The third-order valence-electron chi connectivity index (χ3n) is 4.91. The largest absolute Gasteiger partial charge is 0.470 e. The lowest BCUT2D eigenvalue weighted by Gasteiger charge is -2.39. The summed E-state index contributed by atoms with van der Waals surface area (Å²) in [5, 5.41) is 0. The van der Waals surface area contributed by atoms with Crippen molar-refractivity contribution in [3.8, 4) is 5.88 Å². The normalized spacial score (nSPS) is 26.8. The molecule has 0 bridgehead atoms. The van der Waals surface area contributed by atoms with Gasteiger partial charge in [-0.2, -0.15) is 0 Å². The SMILES string of the molecule is Fc1cccnc1O[C@@H]1CO[C@@]2(CCCN(Cc3ccccn3)C2)C1. The highest BCUT2D eigenvalue weighted by atomic mass is 19.1. The van der Waals surface area contributed by atoms with Crippen molar-refractivity contribution in [3.63, 3.8) is 0 Å². The minimum absolute atomic E-state index is 0.0642. The highest BCUT2D eigenvalue weighted by Crippen LogP contribution is 2.36. The first-order valence-corrected chi connectivity index (χ1v) is 8.76. The number of hydrogen-bond donors (Lipinski definition) is 0. The van der Waals surface area contributed by atoms with Crippen molar-refractivity contribution in [2.45, 2.75) is 37.5 Å². The van der Waals surface area contributed by atoms with Crippen LogP contribution in [0.5, 0.6) is 5.88 Å². The molecule has 0 saturated carbocycles. The van der Waals surface area contributed by atoms with Crippen LogP contribution in [0.1, 0.15) is 25.0 Å². The molecule has 0 N–H and O–H groups in total. The van der Waals surface area contributed by atoms with Gasteiger partial charge < -0.3 is 9.47 Å². The predicted molar refractivity (Wildman–Crippen MR) is 90.7 cm³/mol. The van der Waals surface area contributed by atoms with Gasteiger partial charge in [-0.3, -0.25) is 9.88 Å². The Morgan fingerprint density at radius 3 is 3.00 bits per heavy atom. The van der Waals surface area contributed by atoms with E-state index in [2.05, 4.69) is 14.9 Å². The van der Waals surface area contributed by atoms with Gasteiger partial charge in [0.25, 0.3) is 5.88 Å². The van der Waals surface area contributed by atoms with Crippen LogP contribution in [-0.2, 0) is 11.3 Å². The van der Waals surface area contributed by atoms with Crippen LogP contribution in [0.4, 0.5) is 4.39 Å². The lowest BCUT2D eigenvalue weighted by Crippen LogP contribution is -2.47. The van der Waals surface area contributed by atoms with Crippen molar-refractivity contribution in [1.82, 2.24) is 14.9 Å². The topological polar surface area (TPSA) is 47.5 Å². The summed E-state index contributed by atoms with van der Waals surface area (Å²) in [5.74, 6) is -0.363. The number of ether oxygens (including phenoxy) is 2. The predicted octanol–water partition coefficient (Wildman–Crippen LogP) is 2.82. The van der Waals surface area contributed by atoms with Crippen LogP contribution in [0.15, 0.2) is 42.7 Å². The Balaban J connectivity index is 1.38. The highest BCUT2D eigenvalue weighted by Gasteiger charge is 2.44. The summed E-state index contributed by atoms with van der Waals surface area (Å²) in [6.07, 6.45) is 6.07. The molecule has 2 saturated heterocycles. The lowest BCUT2D eigenvalue weighted by atomic mass is 9.89. The van der Waals surface area contributed by atoms with E-state index in [-0.39, 0.29) is 17.6 Å². The maximum absolute atomic E-state index is 13.7. The average Bonchev–Trinajstić information content (AvgIpc) is 3.00. The second kappa shape index (κ2) is 7.06. The average molecular weight is 343 g/mol. The molecule has 2 aliphatic rings. The monoisotopic (exact) mass is 343 g/mol. The van der Waals surface area contributed by atoms with E-state index in [0.717, 1.165) is 44.6 Å². The summed E-state index contributed by atoms with van der Waals surface area (Å²) in [6, 6.07) is 8.92. The van der Waals surface area contributed by atoms with Crippen LogP contribution in [-0.4, -0.2) is 46.3 Å². The highest BCUT2D eigenvalue weighted by molar-refractivity contribution is 5.14. The van der Waals surface area contributed by atoms with E-state index in [1.54, 1.807) is 12.3 Å². The quantitative estimate of drug-likeness (QED) is 0.854. The van der Waals surface area contributed by atoms with Gasteiger partial charge in [0.2, 0.25) is 0 Å². The molecule has 0 unspecified atom stereocenters. The molecule has 4 heterocycles. The molecule has 0 amide bonds. The van der Waals surface area contributed by atoms with Crippen molar-refractivity contribution < 1.29 is 13.9 Å². The Hall–Kier alpha value is -2.05. The van der Waals surface area contributed by atoms with Gasteiger partial charge in [0.15, 0.2) is 5.82 Å². The van der Waals surface area contributed by atoms with Crippen molar-refractivity contribution in [2.75, 3.05) is 19.7 Å². The smallest absolute Gasteiger partial charge is 0.250 e. The summed E-state index contributed by atoms with van der Waals surface area (Å²) in [7, 11) is 0. The van der Waals surface area contributed by atoms with E-state index in [9.17, 15) is 4.39 Å². The molecule has 0 aromatic carbocycles. The molecule has 2 fully saturated rings. The van der Waals surface area contributed by atoms with Gasteiger partial charge in [-0.05, 0) is 43.7 Å². The third-order valence-corrected chi connectivity index (χ3v) is 4.91. The Labute approximate surface area is 146 Å². The summed E-state index contributed by atoms with van der Waals surface area (Å²) in [6.45, 7) is 3.20. The fourth-order valence-electron chi connectivity index (χ4n) is 3.82. The van der Waals surface area contributed by atoms with Crippen molar-refractivity contribution in [3.05, 3.63) is 54.2 Å². The van der Waals surface area contributed by atoms with Crippen LogP contribution < -0.4 is 4.74 Å². The van der Waals surface area contributed by atoms with Crippen molar-refractivity contribution in [2.24, 2.45) is 0 Å². The van der Waals surface area contributed by atoms with E-state index >= 15 is 0 Å². The van der Waals surface area contributed by atoms with E-state index in [4.69, 9.17) is 9.47 Å². The Morgan fingerprint density at radius 2 is 2.16 bits per heavy atom. The number of aromatic nitrogens is 2. The first kappa shape index (κ1) is 16.4. The number of likely N-dealkylation sites (tertiary alicyclic amines) is 1. The maximum atomic E-state index is 13.7. The summed E-state index contributed by atoms with van der Waals surface area (Å²) in [5.41, 5.74) is 0.865. The standard InChI is InChI=1S/C19H22FN3O2/c20-17-6-3-9-22-18(17)25-16-11-19(24-13-16)7-4-10-23(14-19)12-15-5-1-2-8-21-15/h1-3,5-6,8-9,16H,4,7,10-14H2/t16-,19-/m0/s1. The van der Waals surface area contributed by atoms with E-state index in [1.165, 1.54) is 6.07 Å². The Bertz CT molecular complexity index is 715. The molecule has 1 spiro atoms. The summed E-state index contributed by atoms with van der Waals surface area (Å²) >= 11 is 0. The molecule has 2 atom stereocenters. The summed E-state index contributed by atoms with van der Waals surface area (Å²) in [4.78, 5) is 10.8. The van der Waals surface area contributed by atoms with Gasteiger partial charge >= 0.3 is 0 Å². The number of nitrogens with zero attached hydrogens (tertiary/aromatic N) is 3. The first-order valence-electron chi connectivity index (χ1n) is 8.76. The maximum Gasteiger partial charge on any atom is 0.250 e. The number of pyridine rings is 2. The van der Waals surface area contributed by atoms with E-state index in [0.29, 0.717) is 6.61 Å². The van der Waals surface area contributed by atoms with Gasteiger partial charge in [-0.25, -0.2) is 9.37 Å². The minimum Gasteiger partial charge on any atom is -0.470 e. The molecule has 2 aliphatic heterocycles. The first-order chi connectivity index (χ1) is 12.2. The molecular formula is C19H22FN3O2. The van der Waals surface area contributed by atoms with E-state index < -0.39 is 5.82 Å². The molecule has 132 valence electrons. The second-order valence-electron chi connectivity index (χ2n) is 6.86. The second-order valence-corrected chi connectivity index (χ2v) is 6.86. The molecule has 2 aromatic rings. The van der Waals surface area contributed by atoms with Crippen LogP contribution in [0.25, 0.3) is 0 Å². The number of halogens is 1. The van der Waals surface area contributed by atoms with Gasteiger partial charge in [0, 0.05) is 31.9 Å². The summed E-state index contributed by atoms with van der Waals surface area (Å²) < 4.78 is 25.6. The van der Waals surface area contributed by atoms with Gasteiger partial charge in [-0.1, -0.05) is 6.07 Å². The Kier molecular flexibility index (Phi) is 4.63. The van der Waals surface area contributed by atoms with Crippen LogP contribution in [0, 0.1) is 5.82 Å². The third kappa shape index (κ3) is 3.80. The fourth-order valence-corrected chi connectivity index (χ4v) is 3.82. The van der Waals surface area contributed by atoms with Gasteiger partial charge in [0.1, 0.15) is 6.10 Å². The van der Waals surface area contributed by atoms with Gasteiger partial charge in [0.05, 0.1) is 17.9 Å². The van der Waals surface area contributed by atoms with Crippen LogP contribution in [0.3, 0.4) is 0 Å². The molecule has 4 rings (SSSR count). The zero-order chi connectivity index (χ0) is 17.1. The van der Waals surface area contributed by atoms with Crippen molar-refractivity contribution >= 4 is 0 Å². The Morgan fingerprint density at radius 1 is 1.24 bits per heavy atom. The number of hydrogen-bond acceptors (Lipinski definition) is 5. The molecule has 25 heavy (non-hydrogen) atoms. The number of rotatable bonds is 4. The zero-order valence-corrected chi connectivity index (χ0v) is 14.1.